The normalized spacial score (nSPS) is 13.8. The zero-order chi connectivity index (χ0) is 25.3. The van der Waals surface area contributed by atoms with Gasteiger partial charge in [-0.1, -0.05) is 6.07 Å². The van der Waals surface area contributed by atoms with Gasteiger partial charge in [-0.3, -0.25) is 14.9 Å². The second-order valence-corrected chi connectivity index (χ2v) is 9.68. The maximum absolute atomic E-state index is 11.6. The van der Waals surface area contributed by atoms with Crippen molar-refractivity contribution in [3.05, 3.63) is 56.3 Å². The SMILES string of the molecule is CC(C)(C)OC(=O)N[C@@H](Cc1cccs1)C(N)=O.N#Cc1cc([N+](=O)[O-])ccc1N1CCCC1. The van der Waals surface area contributed by atoms with Crippen LogP contribution >= 0.6 is 11.3 Å². The Labute approximate surface area is 202 Å². The molecular formula is C23H29N5O5S. The second-order valence-electron chi connectivity index (χ2n) is 8.65. The molecule has 182 valence electrons. The topological polar surface area (TPSA) is 152 Å². The van der Waals surface area contributed by atoms with Crippen LogP contribution in [0.2, 0.25) is 0 Å². The monoisotopic (exact) mass is 487 g/mol. The van der Waals surface area contributed by atoms with E-state index < -0.39 is 28.6 Å². The van der Waals surface area contributed by atoms with Crippen LogP contribution in [0, 0.1) is 21.4 Å². The molecule has 0 saturated carbocycles. The van der Waals surface area contributed by atoms with E-state index in [0.717, 1.165) is 36.5 Å². The van der Waals surface area contributed by atoms with E-state index in [-0.39, 0.29) is 5.69 Å². The number of rotatable bonds is 6. The number of alkyl carbamates (subject to hydrolysis) is 1. The fourth-order valence-electron chi connectivity index (χ4n) is 3.26. The molecule has 10 nitrogen and oxygen atoms in total. The number of non-ortho nitro benzene ring substituents is 1. The van der Waals surface area contributed by atoms with E-state index in [9.17, 15) is 19.7 Å². The number of benzene rings is 1. The van der Waals surface area contributed by atoms with Gasteiger partial charge < -0.3 is 20.7 Å². The first-order valence-electron chi connectivity index (χ1n) is 10.7. The summed E-state index contributed by atoms with van der Waals surface area (Å²) in [6, 6.07) is 9.50. The first-order chi connectivity index (χ1) is 16.0. The van der Waals surface area contributed by atoms with E-state index in [4.69, 9.17) is 15.7 Å². The molecular weight excluding hydrogens is 458 g/mol. The quantitative estimate of drug-likeness (QED) is 0.465. The van der Waals surface area contributed by atoms with Crippen LogP contribution < -0.4 is 16.0 Å². The molecule has 1 aliphatic heterocycles. The van der Waals surface area contributed by atoms with Crippen molar-refractivity contribution in [2.24, 2.45) is 5.73 Å². The van der Waals surface area contributed by atoms with Crippen molar-refractivity contribution in [1.29, 1.82) is 5.26 Å². The fraction of sp³-hybridized carbons (Fsp3) is 0.435. The zero-order valence-corrected chi connectivity index (χ0v) is 20.3. The molecule has 1 fully saturated rings. The lowest BCUT2D eigenvalue weighted by atomic mass is 10.1. The van der Waals surface area contributed by atoms with Gasteiger partial charge in [0.25, 0.3) is 5.69 Å². The number of nitro benzene ring substituents is 1. The molecule has 3 N–H and O–H groups in total. The number of nitrogens with zero attached hydrogens (tertiary/aromatic N) is 3. The van der Waals surface area contributed by atoms with Crippen LogP contribution in [0.3, 0.4) is 0 Å². The molecule has 34 heavy (non-hydrogen) atoms. The average molecular weight is 488 g/mol. The van der Waals surface area contributed by atoms with Gasteiger partial charge in [-0.05, 0) is 51.1 Å². The number of nitrogens with one attached hydrogen (secondary N) is 1. The highest BCUT2D eigenvalue weighted by molar-refractivity contribution is 7.09. The van der Waals surface area contributed by atoms with E-state index in [1.165, 1.54) is 23.5 Å². The van der Waals surface area contributed by atoms with Crippen molar-refractivity contribution in [1.82, 2.24) is 5.32 Å². The first kappa shape index (κ1) is 26.6. The minimum absolute atomic E-state index is 0.0282. The van der Waals surface area contributed by atoms with Gasteiger partial charge in [-0.2, -0.15) is 5.26 Å². The van der Waals surface area contributed by atoms with Gasteiger partial charge in [-0.25, -0.2) is 4.79 Å². The van der Waals surface area contributed by atoms with Gasteiger partial charge in [0.2, 0.25) is 5.91 Å². The van der Waals surface area contributed by atoms with Crippen molar-refractivity contribution in [3.63, 3.8) is 0 Å². The summed E-state index contributed by atoms with van der Waals surface area (Å²) in [4.78, 5) is 36.0. The number of nitro groups is 1. The summed E-state index contributed by atoms with van der Waals surface area (Å²) in [7, 11) is 0. The molecule has 0 unspecified atom stereocenters. The summed E-state index contributed by atoms with van der Waals surface area (Å²) < 4.78 is 5.08. The highest BCUT2D eigenvalue weighted by atomic mass is 32.1. The molecule has 11 heteroatoms. The number of carbonyl (C=O) groups is 2. The summed E-state index contributed by atoms with van der Waals surface area (Å²) in [5, 5.41) is 24.0. The number of anilines is 1. The lowest BCUT2D eigenvalue weighted by molar-refractivity contribution is -0.384. The van der Waals surface area contributed by atoms with Gasteiger partial charge >= 0.3 is 6.09 Å². The van der Waals surface area contributed by atoms with Crippen LogP contribution in [0.1, 0.15) is 44.1 Å². The van der Waals surface area contributed by atoms with Crippen LogP contribution in [-0.4, -0.2) is 41.7 Å². The van der Waals surface area contributed by atoms with Gasteiger partial charge in [0.1, 0.15) is 17.7 Å². The molecule has 0 bridgehead atoms. The van der Waals surface area contributed by atoms with Crippen molar-refractivity contribution < 1.29 is 19.2 Å². The number of nitriles is 1. The molecule has 2 amide bonds. The zero-order valence-electron chi connectivity index (χ0n) is 19.4. The fourth-order valence-corrected chi connectivity index (χ4v) is 4.02. The molecule has 1 saturated heterocycles. The number of hydrogen-bond acceptors (Lipinski definition) is 8. The Morgan fingerprint density at radius 3 is 2.50 bits per heavy atom. The van der Waals surface area contributed by atoms with Gasteiger partial charge in [0.15, 0.2) is 0 Å². The number of hydrogen-bond donors (Lipinski definition) is 2. The molecule has 1 aromatic carbocycles. The molecule has 3 rings (SSSR count). The number of primary amides is 1. The predicted octanol–water partition coefficient (Wildman–Crippen LogP) is 3.74. The van der Waals surface area contributed by atoms with E-state index in [1.54, 1.807) is 26.8 Å². The number of nitrogens with two attached hydrogens (primary N) is 1. The van der Waals surface area contributed by atoms with Crippen LogP contribution in [0.5, 0.6) is 0 Å². The minimum atomic E-state index is -0.751. The van der Waals surface area contributed by atoms with Gasteiger partial charge in [0, 0.05) is 36.5 Å². The van der Waals surface area contributed by atoms with Crippen molar-refractivity contribution >= 4 is 34.7 Å². The molecule has 0 radical (unpaired) electrons. The molecule has 2 heterocycles. The standard InChI is InChI=1S/C12H18N2O3S.C11H11N3O2/c1-12(2,3)17-11(16)14-9(10(13)15)7-8-5-4-6-18-8;12-8-9-7-10(14(15)16)3-4-11(9)13-5-1-2-6-13/h4-6,9H,7H2,1-3H3,(H2,13,15)(H,14,16);3-4,7H,1-2,5-6H2/t9-;/m0./s1. The number of carbonyl (C=O) groups excluding carboxylic acids is 2. The van der Waals surface area contributed by atoms with E-state index in [0.29, 0.717) is 12.0 Å². The van der Waals surface area contributed by atoms with Crippen molar-refractivity contribution in [2.75, 3.05) is 18.0 Å². The highest BCUT2D eigenvalue weighted by Crippen LogP contribution is 2.27. The van der Waals surface area contributed by atoms with E-state index in [1.807, 2.05) is 23.6 Å². The first-order valence-corrected chi connectivity index (χ1v) is 11.6. The maximum atomic E-state index is 11.6. The number of amides is 2. The minimum Gasteiger partial charge on any atom is -0.444 e. The van der Waals surface area contributed by atoms with E-state index >= 15 is 0 Å². The lowest BCUT2D eigenvalue weighted by Gasteiger charge is -2.22. The Hall–Kier alpha value is -3.65. The predicted molar refractivity (Wildman–Crippen MR) is 130 cm³/mol. The summed E-state index contributed by atoms with van der Waals surface area (Å²) in [5.74, 6) is -0.575. The van der Waals surface area contributed by atoms with Gasteiger partial charge in [0.05, 0.1) is 16.2 Å². The highest BCUT2D eigenvalue weighted by Gasteiger charge is 2.23. The van der Waals surface area contributed by atoms with Gasteiger partial charge in [-0.15, -0.1) is 11.3 Å². The summed E-state index contributed by atoms with van der Waals surface area (Å²) in [5.41, 5.74) is 5.83. The van der Waals surface area contributed by atoms with Crippen LogP contribution in [-0.2, 0) is 16.0 Å². The Kier molecular flexibility index (Phi) is 9.38. The molecule has 1 atom stereocenters. The van der Waals surface area contributed by atoms with Crippen LogP contribution in [0.25, 0.3) is 0 Å². The summed E-state index contributed by atoms with van der Waals surface area (Å²) in [6.07, 6.45) is 1.97. The van der Waals surface area contributed by atoms with E-state index in [2.05, 4.69) is 10.2 Å². The van der Waals surface area contributed by atoms with Crippen LogP contribution in [0.4, 0.5) is 16.2 Å². The third kappa shape index (κ3) is 8.37. The van der Waals surface area contributed by atoms with Crippen molar-refractivity contribution in [2.45, 2.75) is 51.7 Å². The number of ether oxygens (including phenoxy) is 1. The smallest absolute Gasteiger partial charge is 0.408 e. The molecule has 0 aliphatic carbocycles. The average Bonchev–Trinajstić information content (AvgIpc) is 3.46. The summed E-state index contributed by atoms with van der Waals surface area (Å²) in [6.45, 7) is 7.11. The third-order valence-electron chi connectivity index (χ3n) is 4.78. The molecule has 0 spiro atoms. The maximum Gasteiger partial charge on any atom is 0.408 e. The molecule has 1 aromatic heterocycles. The Morgan fingerprint density at radius 1 is 1.32 bits per heavy atom. The third-order valence-corrected chi connectivity index (χ3v) is 5.68. The second kappa shape index (κ2) is 12.0. The van der Waals surface area contributed by atoms with Crippen LogP contribution in [0.15, 0.2) is 35.7 Å². The Balaban J connectivity index is 0.000000241. The number of thiophene rings is 1. The molecule has 2 aromatic rings. The Bertz CT molecular complexity index is 1040. The summed E-state index contributed by atoms with van der Waals surface area (Å²) >= 11 is 1.51. The Morgan fingerprint density at radius 2 is 2.00 bits per heavy atom. The van der Waals surface area contributed by atoms with Crippen molar-refractivity contribution in [3.8, 4) is 6.07 Å². The lowest BCUT2D eigenvalue weighted by Crippen LogP contribution is -2.47. The largest absolute Gasteiger partial charge is 0.444 e. The molecule has 1 aliphatic rings.